The Bertz CT molecular complexity index is 352. The van der Waals surface area contributed by atoms with Gasteiger partial charge in [0.15, 0.2) is 0 Å². The third kappa shape index (κ3) is 4.92. The van der Waals surface area contributed by atoms with E-state index in [0.29, 0.717) is 16.5 Å². The molecule has 0 aliphatic rings. The Morgan fingerprint density at radius 3 is 2.73 bits per heavy atom. The first-order valence-electron chi connectivity index (χ1n) is 4.60. The molecule has 0 aliphatic carbocycles. The molecule has 0 N–H and O–H groups in total. The van der Waals surface area contributed by atoms with Gasteiger partial charge < -0.3 is 0 Å². The number of Topliss-reactive ketones (excluding diaryl/α,β-unsaturated/α-hetero) is 1. The van der Waals surface area contributed by atoms with E-state index in [2.05, 4.69) is 0 Å². The smallest absolute Gasteiger partial charge is 0.130 e. The average molecular weight is 263 g/mol. The van der Waals surface area contributed by atoms with Crippen LogP contribution in [0.1, 0.15) is 18.9 Å². The normalized spacial score (nSPS) is 10.3. The van der Waals surface area contributed by atoms with Crippen LogP contribution in [0.5, 0.6) is 0 Å². The maximum Gasteiger partial charge on any atom is 0.130 e. The highest BCUT2D eigenvalue weighted by Crippen LogP contribution is 2.24. The van der Waals surface area contributed by atoms with E-state index < -0.39 is 0 Å². The molecule has 0 saturated heterocycles. The van der Waals surface area contributed by atoms with E-state index in [0.717, 1.165) is 17.1 Å². The Labute approximate surface area is 104 Å². The Hall–Kier alpha value is -0.180. The third-order valence-electron chi connectivity index (χ3n) is 1.87. The molecule has 1 nitrogen and oxygen atoms in total. The van der Waals surface area contributed by atoms with Gasteiger partial charge in [0.05, 0.1) is 0 Å². The molecule has 0 amide bonds. The fraction of sp³-hybridized carbons (Fsp3) is 0.364. The first kappa shape index (κ1) is 12.9. The van der Waals surface area contributed by atoms with Crippen molar-refractivity contribution in [2.45, 2.75) is 19.1 Å². The highest BCUT2D eigenvalue weighted by molar-refractivity contribution is 7.98. The molecule has 1 aromatic carbocycles. The molecule has 0 saturated carbocycles. The molecule has 4 heteroatoms. The molecule has 0 fully saturated rings. The third-order valence-corrected chi connectivity index (χ3v) is 3.47. The fourth-order valence-electron chi connectivity index (χ4n) is 1.04. The van der Waals surface area contributed by atoms with Crippen LogP contribution in [0.3, 0.4) is 0 Å². The minimum atomic E-state index is 0.227. The van der Waals surface area contributed by atoms with Crippen molar-refractivity contribution in [2.75, 3.05) is 5.75 Å². The van der Waals surface area contributed by atoms with Crippen molar-refractivity contribution >= 4 is 40.7 Å². The molecule has 1 aromatic rings. The van der Waals surface area contributed by atoms with Crippen molar-refractivity contribution in [1.29, 1.82) is 0 Å². The Morgan fingerprint density at radius 1 is 1.40 bits per heavy atom. The summed E-state index contributed by atoms with van der Waals surface area (Å²) in [4.78, 5) is 10.7. The summed E-state index contributed by atoms with van der Waals surface area (Å²) in [5.74, 6) is 1.89. The molecule has 0 spiro atoms. The quantitative estimate of drug-likeness (QED) is 0.740. The zero-order valence-corrected chi connectivity index (χ0v) is 10.8. The van der Waals surface area contributed by atoms with E-state index in [1.807, 2.05) is 12.1 Å². The van der Waals surface area contributed by atoms with E-state index in [1.54, 1.807) is 24.8 Å². The number of hydrogen-bond acceptors (Lipinski definition) is 2. The highest BCUT2D eigenvalue weighted by atomic mass is 35.5. The Kier molecular flexibility index (Phi) is 5.51. The van der Waals surface area contributed by atoms with Gasteiger partial charge in [-0.2, -0.15) is 11.8 Å². The van der Waals surface area contributed by atoms with Crippen molar-refractivity contribution in [3.63, 3.8) is 0 Å². The minimum absolute atomic E-state index is 0.227. The molecule has 0 bridgehead atoms. The Morgan fingerprint density at radius 2 is 2.13 bits per heavy atom. The van der Waals surface area contributed by atoms with Crippen LogP contribution < -0.4 is 0 Å². The standard InChI is InChI=1S/C11H12Cl2OS/c1-8(14)4-5-15-7-9-2-3-10(12)6-11(9)13/h2-3,6H,4-5,7H2,1H3. The van der Waals surface area contributed by atoms with E-state index in [-0.39, 0.29) is 5.78 Å². The van der Waals surface area contributed by atoms with Gasteiger partial charge in [-0.05, 0) is 24.6 Å². The zero-order chi connectivity index (χ0) is 11.3. The van der Waals surface area contributed by atoms with Crippen LogP contribution in [0.2, 0.25) is 10.0 Å². The topological polar surface area (TPSA) is 17.1 Å². The van der Waals surface area contributed by atoms with Gasteiger partial charge in [0.1, 0.15) is 5.78 Å². The van der Waals surface area contributed by atoms with Gasteiger partial charge in [-0.15, -0.1) is 0 Å². The minimum Gasteiger partial charge on any atom is -0.300 e. The maximum atomic E-state index is 10.7. The molecular weight excluding hydrogens is 251 g/mol. The molecule has 0 unspecified atom stereocenters. The molecule has 15 heavy (non-hydrogen) atoms. The molecule has 0 radical (unpaired) electrons. The largest absolute Gasteiger partial charge is 0.300 e. The van der Waals surface area contributed by atoms with E-state index in [4.69, 9.17) is 23.2 Å². The van der Waals surface area contributed by atoms with E-state index in [9.17, 15) is 4.79 Å². The summed E-state index contributed by atoms with van der Waals surface area (Å²) in [5.41, 5.74) is 1.06. The number of thioether (sulfide) groups is 1. The maximum absolute atomic E-state index is 10.7. The molecular formula is C11H12Cl2OS. The molecule has 82 valence electrons. The molecule has 0 atom stereocenters. The first-order valence-corrected chi connectivity index (χ1v) is 6.52. The summed E-state index contributed by atoms with van der Waals surface area (Å²) >= 11 is 13.5. The molecule has 0 aliphatic heterocycles. The van der Waals surface area contributed by atoms with Crippen molar-refractivity contribution in [2.24, 2.45) is 0 Å². The first-order chi connectivity index (χ1) is 7.09. The molecule has 1 rings (SSSR count). The van der Waals surface area contributed by atoms with Gasteiger partial charge in [0.2, 0.25) is 0 Å². The molecule has 0 heterocycles. The van der Waals surface area contributed by atoms with Crippen LogP contribution in [-0.4, -0.2) is 11.5 Å². The van der Waals surface area contributed by atoms with Crippen LogP contribution in [0.15, 0.2) is 18.2 Å². The summed E-state index contributed by atoms with van der Waals surface area (Å²) in [6, 6.07) is 5.49. The summed E-state index contributed by atoms with van der Waals surface area (Å²) in [5, 5.41) is 1.34. The summed E-state index contributed by atoms with van der Waals surface area (Å²) in [6.45, 7) is 1.61. The average Bonchev–Trinajstić information content (AvgIpc) is 2.14. The van der Waals surface area contributed by atoms with Crippen LogP contribution in [-0.2, 0) is 10.5 Å². The van der Waals surface area contributed by atoms with Gasteiger partial charge in [-0.25, -0.2) is 0 Å². The number of carbonyl (C=O) groups excluding carboxylic acids is 1. The summed E-state index contributed by atoms with van der Waals surface area (Å²) in [7, 11) is 0. The van der Waals surface area contributed by atoms with Crippen molar-refractivity contribution in [3.8, 4) is 0 Å². The fourth-order valence-corrected chi connectivity index (χ4v) is 2.64. The lowest BCUT2D eigenvalue weighted by atomic mass is 10.2. The summed E-state index contributed by atoms with van der Waals surface area (Å²) in [6.07, 6.45) is 0.621. The van der Waals surface area contributed by atoms with Crippen molar-refractivity contribution in [1.82, 2.24) is 0 Å². The molecule has 0 aromatic heterocycles. The van der Waals surface area contributed by atoms with E-state index in [1.165, 1.54) is 0 Å². The highest BCUT2D eigenvalue weighted by Gasteiger charge is 2.01. The number of halogens is 2. The van der Waals surface area contributed by atoms with Crippen molar-refractivity contribution < 1.29 is 4.79 Å². The van der Waals surface area contributed by atoms with Crippen LogP contribution in [0.4, 0.5) is 0 Å². The van der Waals surface area contributed by atoms with Gasteiger partial charge >= 0.3 is 0 Å². The second-order valence-corrected chi connectivity index (χ2v) is 5.19. The predicted molar refractivity (Wildman–Crippen MR) is 67.9 cm³/mol. The predicted octanol–water partition coefficient (Wildman–Crippen LogP) is 4.21. The number of carbonyl (C=O) groups is 1. The second kappa shape index (κ2) is 6.41. The van der Waals surface area contributed by atoms with Crippen LogP contribution in [0.25, 0.3) is 0 Å². The van der Waals surface area contributed by atoms with Crippen molar-refractivity contribution in [3.05, 3.63) is 33.8 Å². The number of ketones is 1. The van der Waals surface area contributed by atoms with Crippen LogP contribution >= 0.6 is 35.0 Å². The lowest BCUT2D eigenvalue weighted by molar-refractivity contribution is -0.116. The lowest BCUT2D eigenvalue weighted by Crippen LogP contribution is -1.92. The number of benzene rings is 1. The lowest BCUT2D eigenvalue weighted by Gasteiger charge is -2.03. The number of rotatable bonds is 5. The van der Waals surface area contributed by atoms with Crippen LogP contribution in [0, 0.1) is 0 Å². The van der Waals surface area contributed by atoms with Gasteiger partial charge in [-0.3, -0.25) is 4.79 Å². The number of hydrogen-bond donors (Lipinski definition) is 0. The SMILES string of the molecule is CC(=O)CCSCc1ccc(Cl)cc1Cl. The van der Waals surface area contributed by atoms with Gasteiger partial charge in [0, 0.05) is 28.0 Å². The zero-order valence-electron chi connectivity index (χ0n) is 8.43. The monoisotopic (exact) mass is 262 g/mol. The Balaban J connectivity index is 2.40. The second-order valence-electron chi connectivity index (χ2n) is 3.24. The van der Waals surface area contributed by atoms with Gasteiger partial charge in [-0.1, -0.05) is 29.3 Å². The van der Waals surface area contributed by atoms with E-state index >= 15 is 0 Å². The van der Waals surface area contributed by atoms with Gasteiger partial charge in [0.25, 0.3) is 0 Å². The summed E-state index contributed by atoms with van der Waals surface area (Å²) < 4.78 is 0.